The average molecular weight is 407 g/mol. The number of para-hydroxylation sites is 2. The predicted octanol–water partition coefficient (Wildman–Crippen LogP) is 2.78. The predicted molar refractivity (Wildman–Crippen MR) is 116 cm³/mol. The molecule has 2 saturated heterocycles. The number of carbonyl (C=O) groups excluding carboxylic acids is 1. The van der Waals surface area contributed by atoms with E-state index in [9.17, 15) is 9.18 Å². The molecule has 0 aliphatic carbocycles. The molecule has 2 fully saturated rings. The van der Waals surface area contributed by atoms with Crippen LogP contribution in [-0.4, -0.2) is 59.1 Å². The van der Waals surface area contributed by atoms with Crippen LogP contribution < -0.4 is 10.2 Å². The third-order valence-electron chi connectivity index (χ3n) is 6.29. The zero-order valence-electron chi connectivity index (χ0n) is 17.1. The van der Waals surface area contributed by atoms with Crippen LogP contribution in [0.25, 0.3) is 22.4 Å². The van der Waals surface area contributed by atoms with Crippen LogP contribution in [0.2, 0.25) is 0 Å². The van der Waals surface area contributed by atoms with Crippen molar-refractivity contribution in [3.63, 3.8) is 0 Å². The van der Waals surface area contributed by atoms with E-state index in [-0.39, 0.29) is 17.8 Å². The number of nitrogens with zero attached hydrogens (tertiary/aromatic N) is 4. The highest BCUT2D eigenvalue weighted by Crippen LogP contribution is 2.30. The Morgan fingerprint density at radius 3 is 2.67 bits per heavy atom. The SMILES string of the molecule is Cn1c(-c2cc(N3CCN(C(=O)C4CCCN4)CC3)ccc2F)nc2ccccc21. The number of rotatable bonds is 3. The topological polar surface area (TPSA) is 53.4 Å². The number of hydrogen-bond donors (Lipinski definition) is 1. The molecular weight excluding hydrogens is 381 g/mol. The molecular formula is C23H26FN5O. The molecule has 3 heterocycles. The molecule has 2 aliphatic heterocycles. The molecule has 1 aromatic heterocycles. The quantitative estimate of drug-likeness (QED) is 0.726. The first kappa shape index (κ1) is 19.1. The lowest BCUT2D eigenvalue weighted by Crippen LogP contribution is -2.53. The van der Waals surface area contributed by atoms with E-state index in [2.05, 4.69) is 15.2 Å². The molecule has 0 saturated carbocycles. The minimum Gasteiger partial charge on any atom is -0.368 e. The Morgan fingerprint density at radius 2 is 1.93 bits per heavy atom. The largest absolute Gasteiger partial charge is 0.368 e. The summed E-state index contributed by atoms with van der Waals surface area (Å²) in [4.78, 5) is 21.5. The molecule has 0 radical (unpaired) electrons. The van der Waals surface area contributed by atoms with Gasteiger partial charge in [-0.1, -0.05) is 12.1 Å². The number of carbonyl (C=O) groups is 1. The molecule has 2 aliphatic rings. The van der Waals surface area contributed by atoms with Gasteiger partial charge in [0.25, 0.3) is 0 Å². The Hall–Kier alpha value is -2.93. The number of aromatic nitrogens is 2. The monoisotopic (exact) mass is 407 g/mol. The minimum atomic E-state index is -0.279. The van der Waals surface area contributed by atoms with Crippen LogP contribution >= 0.6 is 0 Å². The van der Waals surface area contributed by atoms with Gasteiger partial charge in [0, 0.05) is 38.9 Å². The minimum absolute atomic E-state index is 0.0217. The summed E-state index contributed by atoms with van der Waals surface area (Å²) in [6, 6.07) is 13.0. The maximum Gasteiger partial charge on any atom is 0.239 e. The number of piperazine rings is 1. The Balaban J connectivity index is 1.36. The zero-order valence-corrected chi connectivity index (χ0v) is 17.1. The van der Waals surface area contributed by atoms with Gasteiger partial charge in [-0.15, -0.1) is 0 Å². The van der Waals surface area contributed by atoms with Gasteiger partial charge in [-0.25, -0.2) is 9.37 Å². The number of nitrogens with one attached hydrogen (secondary N) is 1. The van der Waals surface area contributed by atoms with Crippen molar-refractivity contribution in [1.29, 1.82) is 0 Å². The van der Waals surface area contributed by atoms with E-state index in [4.69, 9.17) is 0 Å². The summed E-state index contributed by atoms with van der Waals surface area (Å²) < 4.78 is 16.7. The van der Waals surface area contributed by atoms with Gasteiger partial charge in [0.05, 0.1) is 22.6 Å². The lowest BCUT2D eigenvalue weighted by molar-refractivity contribution is -0.133. The van der Waals surface area contributed by atoms with E-state index in [1.54, 1.807) is 0 Å². The Bertz CT molecular complexity index is 1080. The van der Waals surface area contributed by atoms with Gasteiger partial charge in [0.2, 0.25) is 5.91 Å². The van der Waals surface area contributed by atoms with Crippen molar-refractivity contribution in [1.82, 2.24) is 19.8 Å². The van der Waals surface area contributed by atoms with Gasteiger partial charge in [-0.3, -0.25) is 4.79 Å². The molecule has 2 aromatic carbocycles. The fraction of sp³-hybridized carbons (Fsp3) is 0.391. The maximum absolute atomic E-state index is 14.7. The molecule has 1 unspecified atom stereocenters. The van der Waals surface area contributed by atoms with Crippen molar-refractivity contribution < 1.29 is 9.18 Å². The molecule has 30 heavy (non-hydrogen) atoms. The van der Waals surface area contributed by atoms with Crippen molar-refractivity contribution in [2.45, 2.75) is 18.9 Å². The lowest BCUT2D eigenvalue weighted by atomic mass is 10.1. The van der Waals surface area contributed by atoms with Crippen LogP contribution in [0, 0.1) is 5.82 Å². The van der Waals surface area contributed by atoms with Crippen LogP contribution in [-0.2, 0) is 11.8 Å². The van der Waals surface area contributed by atoms with Crippen LogP contribution in [0.1, 0.15) is 12.8 Å². The van der Waals surface area contributed by atoms with Crippen LogP contribution in [0.5, 0.6) is 0 Å². The molecule has 7 heteroatoms. The first-order valence-corrected chi connectivity index (χ1v) is 10.6. The Kier molecular flexibility index (Phi) is 4.90. The number of aryl methyl sites for hydroxylation is 1. The van der Waals surface area contributed by atoms with E-state index >= 15 is 0 Å². The van der Waals surface area contributed by atoms with E-state index < -0.39 is 0 Å². The number of amides is 1. The molecule has 0 spiro atoms. The van der Waals surface area contributed by atoms with Gasteiger partial charge >= 0.3 is 0 Å². The van der Waals surface area contributed by atoms with E-state index in [1.807, 2.05) is 52.9 Å². The van der Waals surface area contributed by atoms with Crippen molar-refractivity contribution in [3.8, 4) is 11.4 Å². The first-order valence-electron chi connectivity index (χ1n) is 10.6. The highest BCUT2D eigenvalue weighted by molar-refractivity contribution is 5.83. The van der Waals surface area contributed by atoms with Gasteiger partial charge in [0.15, 0.2) is 0 Å². The molecule has 6 nitrogen and oxygen atoms in total. The standard InChI is InChI=1S/C23H26FN5O/c1-27-21-7-3-2-5-19(21)26-22(27)17-15-16(8-9-18(17)24)28-11-13-29(14-12-28)23(30)20-6-4-10-25-20/h2-3,5,7-9,15,20,25H,4,6,10-14H2,1H3. The third-order valence-corrected chi connectivity index (χ3v) is 6.29. The van der Waals surface area contributed by atoms with E-state index in [0.717, 1.165) is 49.2 Å². The van der Waals surface area contributed by atoms with Gasteiger partial charge in [0.1, 0.15) is 11.6 Å². The second-order valence-corrected chi connectivity index (χ2v) is 8.11. The molecule has 1 amide bonds. The molecule has 1 atom stereocenters. The molecule has 5 rings (SSSR count). The fourth-order valence-electron chi connectivity index (χ4n) is 4.57. The van der Waals surface area contributed by atoms with Crippen molar-refractivity contribution in [2.24, 2.45) is 7.05 Å². The lowest BCUT2D eigenvalue weighted by Gasteiger charge is -2.37. The number of imidazole rings is 1. The first-order chi connectivity index (χ1) is 14.6. The molecule has 1 N–H and O–H groups in total. The second kappa shape index (κ2) is 7.72. The summed E-state index contributed by atoms with van der Waals surface area (Å²) in [5, 5.41) is 3.29. The zero-order chi connectivity index (χ0) is 20.7. The van der Waals surface area contributed by atoms with Gasteiger partial charge in [-0.2, -0.15) is 0 Å². The maximum atomic E-state index is 14.7. The molecule has 156 valence electrons. The number of fused-ring (bicyclic) bond motifs is 1. The summed E-state index contributed by atoms with van der Waals surface area (Å²) >= 11 is 0. The molecule has 0 bridgehead atoms. The Labute approximate surface area is 175 Å². The van der Waals surface area contributed by atoms with Gasteiger partial charge < -0.3 is 19.7 Å². The smallest absolute Gasteiger partial charge is 0.239 e. The highest BCUT2D eigenvalue weighted by Gasteiger charge is 2.29. The van der Waals surface area contributed by atoms with Crippen LogP contribution in [0.4, 0.5) is 10.1 Å². The number of halogens is 1. The van der Waals surface area contributed by atoms with E-state index in [1.165, 1.54) is 6.07 Å². The normalized spacial score (nSPS) is 19.6. The summed E-state index contributed by atoms with van der Waals surface area (Å²) in [6.45, 7) is 3.79. The van der Waals surface area contributed by atoms with Gasteiger partial charge in [-0.05, 0) is 49.7 Å². The third kappa shape index (κ3) is 3.33. The van der Waals surface area contributed by atoms with E-state index in [0.29, 0.717) is 24.5 Å². The number of anilines is 1. The number of hydrogen-bond acceptors (Lipinski definition) is 4. The van der Waals surface area contributed by atoms with Crippen molar-refractivity contribution in [3.05, 3.63) is 48.3 Å². The van der Waals surface area contributed by atoms with Crippen molar-refractivity contribution in [2.75, 3.05) is 37.6 Å². The summed E-state index contributed by atoms with van der Waals surface area (Å²) in [5.41, 5.74) is 3.29. The summed E-state index contributed by atoms with van der Waals surface area (Å²) in [7, 11) is 1.91. The summed E-state index contributed by atoms with van der Waals surface area (Å²) in [6.07, 6.45) is 2.00. The average Bonchev–Trinajstić information content (AvgIpc) is 3.43. The Morgan fingerprint density at radius 1 is 1.13 bits per heavy atom. The van der Waals surface area contributed by atoms with Crippen LogP contribution in [0.15, 0.2) is 42.5 Å². The molecule has 3 aromatic rings. The summed E-state index contributed by atoms with van der Waals surface area (Å²) in [5.74, 6) is 0.557. The van der Waals surface area contributed by atoms with Crippen LogP contribution in [0.3, 0.4) is 0 Å². The highest BCUT2D eigenvalue weighted by atomic mass is 19.1. The second-order valence-electron chi connectivity index (χ2n) is 8.11. The van der Waals surface area contributed by atoms with Crippen molar-refractivity contribution >= 4 is 22.6 Å². The number of benzene rings is 2. The fourth-order valence-corrected chi connectivity index (χ4v) is 4.57.